The van der Waals surface area contributed by atoms with Crippen LogP contribution in [-0.4, -0.2) is 28.0 Å². The van der Waals surface area contributed by atoms with Gasteiger partial charge in [-0.3, -0.25) is 4.79 Å². The molecule has 3 amide bonds. The van der Waals surface area contributed by atoms with Crippen LogP contribution in [0.5, 0.6) is 0 Å². The van der Waals surface area contributed by atoms with Crippen LogP contribution in [-0.2, 0) is 17.5 Å². The molecule has 0 saturated carbocycles. The van der Waals surface area contributed by atoms with E-state index in [4.69, 9.17) is 0 Å². The first-order valence-corrected chi connectivity index (χ1v) is 9.64. The van der Waals surface area contributed by atoms with Crippen LogP contribution in [0, 0.1) is 5.92 Å². The summed E-state index contributed by atoms with van der Waals surface area (Å²) in [4.78, 5) is 28.7. The normalized spacial score (nSPS) is 12.5. The molecule has 0 aliphatic rings. The van der Waals surface area contributed by atoms with Crippen molar-refractivity contribution in [3.8, 4) is 0 Å². The summed E-state index contributed by atoms with van der Waals surface area (Å²) in [7, 11) is 0. The molecular formula is C20H26F3N5O2. The van der Waals surface area contributed by atoms with Gasteiger partial charge in [-0.15, -0.1) is 0 Å². The molecule has 1 atom stereocenters. The number of benzene rings is 1. The second-order valence-electron chi connectivity index (χ2n) is 7.16. The number of urea groups is 1. The molecule has 0 saturated heterocycles. The Morgan fingerprint density at radius 3 is 2.40 bits per heavy atom. The number of nitrogens with one attached hydrogen (secondary N) is 3. The number of imidazole rings is 1. The number of hydrogen-bond acceptors (Lipinski definition) is 3. The first-order chi connectivity index (χ1) is 14.1. The molecular weight excluding hydrogens is 399 g/mol. The molecule has 2 aromatic rings. The topological polar surface area (TPSA) is 88.1 Å². The molecule has 0 aliphatic carbocycles. The van der Waals surface area contributed by atoms with Crippen LogP contribution in [0.1, 0.15) is 44.6 Å². The van der Waals surface area contributed by atoms with Gasteiger partial charge in [0.15, 0.2) is 0 Å². The Balaban J connectivity index is 2.06. The van der Waals surface area contributed by atoms with Crippen molar-refractivity contribution in [2.45, 2.75) is 46.0 Å². The summed E-state index contributed by atoms with van der Waals surface area (Å²) in [5.74, 6) is 0.301. The van der Waals surface area contributed by atoms with E-state index < -0.39 is 23.8 Å². The zero-order chi connectivity index (χ0) is 22.3. The molecule has 164 valence electrons. The fraction of sp³-hybridized carbons (Fsp3) is 0.450. The maximum atomic E-state index is 12.7. The molecule has 0 radical (unpaired) electrons. The summed E-state index contributed by atoms with van der Waals surface area (Å²) < 4.78 is 39.6. The number of halogens is 3. The smallest absolute Gasteiger partial charge is 0.355 e. The molecule has 0 unspecified atom stereocenters. The summed E-state index contributed by atoms with van der Waals surface area (Å²) in [6.07, 6.45) is -0.411. The molecule has 0 aliphatic heterocycles. The number of nitrogens with zero attached hydrogens (tertiary/aromatic N) is 2. The van der Waals surface area contributed by atoms with E-state index in [9.17, 15) is 22.8 Å². The average molecular weight is 425 g/mol. The van der Waals surface area contributed by atoms with Crippen molar-refractivity contribution in [3.63, 3.8) is 0 Å². The van der Waals surface area contributed by atoms with E-state index in [2.05, 4.69) is 20.9 Å². The molecule has 3 N–H and O–H groups in total. The summed E-state index contributed by atoms with van der Waals surface area (Å²) in [5.41, 5.74) is -0.567. The van der Waals surface area contributed by atoms with E-state index >= 15 is 0 Å². The molecule has 0 bridgehead atoms. The number of alkyl halides is 3. The van der Waals surface area contributed by atoms with Gasteiger partial charge in [-0.1, -0.05) is 20.8 Å². The second kappa shape index (κ2) is 10.1. The lowest BCUT2D eigenvalue weighted by Crippen LogP contribution is -2.37. The Hall–Kier alpha value is -3.04. The number of carbonyl (C=O) groups is 2. The Kier molecular flexibility index (Phi) is 7.85. The largest absolute Gasteiger partial charge is 0.416 e. The number of aromatic nitrogens is 2. The third kappa shape index (κ3) is 6.50. The van der Waals surface area contributed by atoms with Gasteiger partial charge < -0.3 is 20.5 Å². The van der Waals surface area contributed by atoms with E-state index in [0.717, 1.165) is 18.6 Å². The minimum atomic E-state index is -4.44. The van der Waals surface area contributed by atoms with Crippen LogP contribution in [0.25, 0.3) is 0 Å². The molecule has 0 fully saturated rings. The van der Waals surface area contributed by atoms with Gasteiger partial charge in [0.1, 0.15) is 12.4 Å². The minimum Gasteiger partial charge on any atom is -0.355 e. The average Bonchev–Trinajstić information content (AvgIpc) is 3.11. The van der Waals surface area contributed by atoms with Crippen molar-refractivity contribution < 1.29 is 22.8 Å². The molecule has 10 heteroatoms. The zero-order valence-electron chi connectivity index (χ0n) is 17.1. The second-order valence-corrected chi connectivity index (χ2v) is 7.16. The summed E-state index contributed by atoms with van der Waals surface area (Å²) >= 11 is 0. The highest BCUT2D eigenvalue weighted by Gasteiger charge is 2.30. The third-order valence-electron chi connectivity index (χ3n) is 4.34. The van der Waals surface area contributed by atoms with Gasteiger partial charge in [0.25, 0.3) is 0 Å². The minimum absolute atomic E-state index is 0.0526. The Bertz CT molecular complexity index is 847. The van der Waals surface area contributed by atoms with Crippen LogP contribution < -0.4 is 16.0 Å². The van der Waals surface area contributed by atoms with Crippen molar-refractivity contribution in [2.75, 3.05) is 11.9 Å². The van der Waals surface area contributed by atoms with Crippen LogP contribution in [0.3, 0.4) is 0 Å². The van der Waals surface area contributed by atoms with Gasteiger partial charge in [-0.25, -0.2) is 9.78 Å². The van der Waals surface area contributed by atoms with Gasteiger partial charge in [-0.2, -0.15) is 13.2 Å². The molecule has 7 nitrogen and oxygen atoms in total. The van der Waals surface area contributed by atoms with Crippen molar-refractivity contribution >= 4 is 17.6 Å². The van der Waals surface area contributed by atoms with Crippen LogP contribution in [0.15, 0.2) is 36.7 Å². The third-order valence-corrected chi connectivity index (χ3v) is 4.34. The number of rotatable bonds is 8. The van der Waals surface area contributed by atoms with E-state index in [1.165, 1.54) is 12.1 Å². The van der Waals surface area contributed by atoms with Crippen LogP contribution in [0.2, 0.25) is 0 Å². The van der Waals surface area contributed by atoms with Gasteiger partial charge in [-0.05, 0) is 36.6 Å². The fourth-order valence-corrected chi connectivity index (χ4v) is 2.79. The van der Waals surface area contributed by atoms with Crippen molar-refractivity contribution in [2.24, 2.45) is 5.92 Å². The first kappa shape index (κ1) is 23.2. The summed E-state index contributed by atoms with van der Waals surface area (Å²) in [6.45, 7) is 6.38. The van der Waals surface area contributed by atoms with E-state index in [0.29, 0.717) is 12.4 Å². The standard InChI is InChI=1S/C20H26F3N5O2/c1-4-9-24-16(29)12-28-11-10-25-18(28)17(13(2)3)27-19(30)26-15-7-5-14(6-8-15)20(21,22)23/h5-8,10-11,13,17H,4,9,12H2,1-3H3,(H,24,29)(H2,26,27,30)/t17-/m0/s1. The van der Waals surface area contributed by atoms with Crippen molar-refractivity contribution in [3.05, 3.63) is 48.0 Å². The summed E-state index contributed by atoms with van der Waals surface area (Å²) in [6, 6.07) is 3.08. The molecule has 1 aromatic heterocycles. The SMILES string of the molecule is CCCNC(=O)Cn1ccnc1[C@@H](NC(=O)Nc1ccc(C(F)(F)F)cc1)C(C)C. The quantitative estimate of drug-likeness (QED) is 0.599. The lowest BCUT2D eigenvalue weighted by atomic mass is 10.0. The van der Waals surface area contributed by atoms with Gasteiger partial charge in [0.2, 0.25) is 5.91 Å². The molecule has 1 aromatic carbocycles. The van der Waals surface area contributed by atoms with Gasteiger partial charge in [0, 0.05) is 24.6 Å². The molecule has 1 heterocycles. The molecule has 0 spiro atoms. The predicted molar refractivity (Wildman–Crippen MR) is 107 cm³/mol. The Labute approximate surface area is 173 Å². The number of carbonyl (C=O) groups excluding carboxylic acids is 2. The monoisotopic (exact) mass is 425 g/mol. The molecule has 2 rings (SSSR count). The van der Waals surface area contributed by atoms with Crippen molar-refractivity contribution in [1.82, 2.24) is 20.2 Å². The number of anilines is 1. The van der Waals surface area contributed by atoms with E-state index in [1.54, 1.807) is 17.0 Å². The van der Waals surface area contributed by atoms with Gasteiger partial charge >= 0.3 is 12.2 Å². The lowest BCUT2D eigenvalue weighted by molar-refractivity contribution is -0.137. The molecule has 30 heavy (non-hydrogen) atoms. The fourth-order valence-electron chi connectivity index (χ4n) is 2.79. The highest BCUT2D eigenvalue weighted by molar-refractivity contribution is 5.89. The Morgan fingerprint density at radius 1 is 1.17 bits per heavy atom. The lowest BCUT2D eigenvalue weighted by Gasteiger charge is -2.23. The van der Waals surface area contributed by atoms with Gasteiger partial charge in [0.05, 0.1) is 11.6 Å². The van der Waals surface area contributed by atoms with Crippen molar-refractivity contribution in [1.29, 1.82) is 0 Å². The van der Waals surface area contributed by atoms with Crippen LogP contribution in [0.4, 0.5) is 23.7 Å². The predicted octanol–water partition coefficient (Wildman–Crippen LogP) is 3.95. The Morgan fingerprint density at radius 2 is 1.83 bits per heavy atom. The highest BCUT2D eigenvalue weighted by Crippen LogP contribution is 2.29. The van der Waals surface area contributed by atoms with E-state index in [-0.39, 0.29) is 24.1 Å². The van der Waals surface area contributed by atoms with E-state index in [1.807, 2.05) is 20.8 Å². The highest BCUT2D eigenvalue weighted by atomic mass is 19.4. The summed E-state index contributed by atoms with van der Waals surface area (Å²) in [5, 5.41) is 8.09. The maximum Gasteiger partial charge on any atom is 0.416 e. The maximum absolute atomic E-state index is 12.7. The van der Waals surface area contributed by atoms with Crippen LogP contribution >= 0.6 is 0 Å². The number of hydrogen-bond donors (Lipinski definition) is 3. The first-order valence-electron chi connectivity index (χ1n) is 9.64. The zero-order valence-corrected chi connectivity index (χ0v) is 17.1. The number of amides is 3.